The van der Waals surface area contributed by atoms with Gasteiger partial charge in [0.05, 0.1) is 19.9 Å². The Bertz CT molecular complexity index is 1240. The molecule has 32 heavy (non-hydrogen) atoms. The number of nitrogens with zero attached hydrogens (tertiary/aromatic N) is 3. The van der Waals surface area contributed by atoms with E-state index < -0.39 is 6.03 Å². The Morgan fingerprint density at radius 2 is 1.59 bits per heavy atom. The minimum Gasteiger partial charge on any atom is -0.497 e. The van der Waals surface area contributed by atoms with Crippen LogP contribution in [-0.4, -0.2) is 35.0 Å². The highest BCUT2D eigenvalue weighted by Gasteiger charge is 2.15. The van der Waals surface area contributed by atoms with Gasteiger partial charge in [0, 0.05) is 22.0 Å². The topological polar surface area (TPSA) is 90.3 Å². The van der Waals surface area contributed by atoms with Crippen molar-refractivity contribution in [2.45, 2.75) is 0 Å². The van der Waals surface area contributed by atoms with Crippen molar-refractivity contribution in [2.75, 3.05) is 24.9 Å². The van der Waals surface area contributed by atoms with Crippen molar-refractivity contribution in [1.82, 2.24) is 14.8 Å². The molecule has 0 saturated carbocycles. The van der Waals surface area contributed by atoms with Crippen molar-refractivity contribution in [2.24, 2.45) is 0 Å². The molecule has 0 aliphatic heterocycles. The number of urea groups is 1. The van der Waals surface area contributed by atoms with Gasteiger partial charge >= 0.3 is 12.0 Å². The molecule has 8 nitrogen and oxygen atoms in total. The second-order valence-electron chi connectivity index (χ2n) is 6.70. The Morgan fingerprint density at radius 1 is 0.906 bits per heavy atom. The van der Waals surface area contributed by atoms with Crippen molar-refractivity contribution in [3.63, 3.8) is 0 Å². The molecule has 1 aromatic heterocycles. The first-order valence-corrected chi connectivity index (χ1v) is 10.0. The molecular weight excluding hydrogens is 430 g/mol. The average Bonchev–Trinajstić information content (AvgIpc) is 3.24. The molecule has 2 amide bonds. The second-order valence-corrected chi connectivity index (χ2v) is 7.14. The first-order chi connectivity index (χ1) is 15.6. The minimum absolute atomic E-state index is 0.230. The number of carbonyl (C=O) groups excluding carboxylic acids is 1. The molecule has 9 heteroatoms. The van der Waals surface area contributed by atoms with E-state index in [1.807, 2.05) is 36.4 Å². The van der Waals surface area contributed by atoms with E-state index in [1.54, 1.807) is 48.2 Å². The highest BCUT2D eigenvalue weighted by atomic mass is 35.5. The average molecular weight is 450 g/mol. The van der Waals surface area contributed by atoms with Gasteiger partial charge in [-0.05, 0) is 60.7 Å². The molecular formula is C23H20ClN5O3. The molecule has 0 aliphatic rings. The molecule has 4 rings (SSSR count). The normalized spacial score (nSPS) is 10.5. The van der Waals surface area contributed by atoms with Gasteiger partial charge in [-0.2, -0.15) is 4.98 Å². The summed E-state index contributed by atoms with van der Waals surface area (Å²) >= 11 is 5.97. The van der Waals surface area contributed by atoms with Gasteiger partial charge in [-0.3, -0.25) is 0 Å². The summed E-state index contributed by atoms with van der Waals surface area (Å²) in [5.41, 5.74) is 2.71. The number of anilines is 2. The summed E-state index contributed by atoms with van der Waals surface area (Å²) in [4.78, 5) is 16.9. The number of hydrogen-bond acceptors (Lipinski definition) is 5. The zero-order valence-electron chi connectivity index (χ0n) is 17.4. The van der Waals surface area contributed by atoms with E-state index in [0.29, 0.717) is 27.9 Å². The molecule has 0 saturated heterocycles. The quantitative estimate of drug-likeness (QED) is 0.419. The van der Waals surface area contributed by atoms with Crippen molar-refractivity contribution in [3.05, 3.63) is 77.8 Å². The maximum absolute atomic E-state index is 12.4. The van der Waals surface area contributed by atoms with E-state index in [-0.39, 0.29) is 6.01 Å². The second kappa shape index (κ2) is 9.40. The molecule has 0 fully saturated rings. The van der Waals surface area contributed by atoms with Crippen LogP contribution < -0.4 is 20.1 Å². The van der Waals surface area contributed by atoms with Gasteiger partial charge in [-0.1, -0.05) is 23.7 Å². The Hall–Kier alpha value is -4.04. The van der Waals surface area contributed by atoms with Gasteiger partial charge in [-0.15, -0.1) is 5.10 Å². The van der Waals surface area contributed by atoms with Crippen LogP contribution in [0.3, 0.4) is 0 Å². The number of carbonyl (C=O) groups is 1. The predicted molar refractivity (Wildman–Crippen MR) is 124 cm³/mol. The predicted octanol–water partition coefficient (Wildman–Crippen LogP) is 5.25. The summed E-state index contributed by atoms with van der Waals surface area (Å²) in [5, 5.41) is 10.5. The Kier molecular flexibility index (Phi) is 6.23. The van der Waals surface area contributed by atoms with Gasteiger partial charge < -0.3 is 20.1 Å². The Labute approximate surface area is 189 Å². The van der Waals surface area contributed by atoms with Crippen molar-refractivity contribution >= 4 is 29.0 Å². The maximum Gasteiger partial charge on any atom is 0.336 e. The van der Waals surface area contributed by atoms with Crippen LogP contribution >= 0.6 is 11.6 Å². The van der Waals surface area contributed by atoms with Crippen LogP contribution in [0.4, 0.5) is 16.2 Å². The van der Waals surface area contributed by atoms with Crippen LogP contribution in [0.15, 0.2) is 72.8 Å². The van der Waals surface area contributed by atoms with E-state index >= 15 is 0 Å². The summed E-state index contributed by atoms with van der Waals surface area (Å²) in [6.45, 7) is 0. The van der Waals surface area contributed by atoms with Crippen LogP contribution in [0.1, 0.15) is 0 Å². The summed E-state index contributed by atoms with van der Waals surface area (Å²) in [7, 11) is 3.12. The van der Waals surface area contributed by atoms with E-state index in [0.717, 1.165) is 11.3 Å². The molecule has 0 aliphatic carbocycles. The zero-order chi connectivity index (χ0) is 22.5. The van der Waals surface area contributed by atoms with E-state index in [9.17, 15) is 4.79 Å². The monoisotopic (exact) mass is 449 g/mol. The number of halogens is 1. The number of rotatable bonds is 6. The third kappa shape index (κ3) is 4.81. The van der Waals surface area contributed by atoms with Crippen LogP contribution in [-0.2, 0) is 0 Å². The van der Waals surface area contributed by atoms with Crippen LogP contribution in [0, 0.1) is 0 Å². The number of aromatic nitrogens is 3. The smallest absolute Gasteiger partial charge is 0.336 e. The fourth-order valence-electron chi connectivity index (χ4n) is 3.06. The first-order valence-electron chi connectivity index (χ1n) is 9.65. The third-order valence-corrected chi connectivity index (χ3v) is 4.78. The molecule has 3 aromatic carbocycles. The molecule has 1 heterocycles. The van der Waals surface area contributed by atoms with Gasteiger partial charge in [-0.25, -0.2) is 9.48 Å². The van der Waals surface area contributed by atoms with E-state index in [2.05, 4.69) is 20.7 Å². The lowest BCUT2D eigenvalue weighted by Crippen LogP contribution is -2.19. The number of methoxy groups -OCH3 is 2. The number of hydrogen-bond donors (Lipinski definition) is 2. The van der Waals surface area contributed by atoms with Gasteiger partial charge in [0.2, 0.25) is 0 Å². The van der Waals surface area contributed by atoms with Crippen LogP contribution in [0.5, 0.6) is 11.8 Å². The molecule has 4 aromatic rings. The molecule has 162 valence electrons. The fraction of sp³-hybridized carbons (Fsp3) is 0.0870. The summed E-state index contributed by atoms with van der Waals surface area (Å²) in [5.74, 6) is 1.33. The summed E-state index contributed by atoms with van der Waals surface area (Å²) in [6, 6.07) is 21.5. The van der Waals surface area contributed by atoms with Crippen molar-refractivity contribution in [3.8, 4) is 28.8 Å². The lowest BCUT2D eigenvalue weighted by molar-refractivity contribution is 0.262. The fourth-order valence-corrected chi connectivity index (χ4v) is 3.25. The Balaban J connectivity index is 1.60. The molecule has 0 atom stereocenters. The van der Waals surface area contributed by atoms with Crippen LogP contribution in [0.25, 0.3) is 17.1 Å². The summed E-state index contributed by atoms with van der Waals surface area (Å²) in [6.07, 6.45) is 0. The van der Waals surface area contributed by atoms with Crippen molar-refractivity contribution < 1.29 is 14.3 Å². The van der Waals surface area contributed by atoms with Gasteiger partial charge in [0.15, 0.2) is 5.82 Å². The lowest BCUT2D eigenvalue weighted by Gasteiger charge is -2.10. The number of amides is 2. The largest absolute Gasteiger partial charge is 0.497 e. The zero-order valence-corrected chi connectivity index (χ0v) is 18.1. The molecule has 0 bridgehead atoms. The number of benzene rings is 3. The van der Waals surface area contributed by atoms with E-state index in [4.69, 9.17) is 21.1 Å². The van der Waals surface area contributed by atoms with Crippen LogP contribution in [0.2, 0.25) is 5.02 Å². The van der Waals surface area contributed by atoms with Gasteiger partial charge in [0.25, 0.3) is 0 Å². The molecule has 2 N–H and O–H groups in total. The number of ether oxygens (including phenoxy) is 2. The van der Waals surface area contributed by atoms with E-state index in [1.165, 1.54) is 7.11 Å². The first kappa shape index (κ1) is 21.2. The standard InChI is InChI=1S/C23H20ClN5O3/c1-31-20-11-9-15(10-12-20)21-27-23(32-2)28-29(21)19-8-4-7-18(14-19)26-22(30)25-17-6-3-5-16(24)13-17/h3-14H,1-2H3,(H2,25,26,30). The molecule has 0 spiro atoms. The molecule has 0 unspecified atom stereocenters. The van der Waals surface area contributed by atoms with Gasteiger partial charge in [0.1, 0.15) is 5.75 Å². The highest BCUT2D eigenvalue weighted by molar-refractivity contribution is 6.30. The maximum atomic E-state index is 12.4. The number of nitrogens with one attached hydrogen (secondary N) is 2. The minimum atomic E-state index is -0.393. The Morgan fingerprint density at radius 3 is 2.25 bits per heavy atom. The lowest BCUT2D eigenvalue weighted by atomic mass is 10.2. The third-order valence-electron chi connectivity index (χ3n) is 4.55. The highest BCUT2D eigenvalue weighted by Crippen LogP contribution is 2.26. The SMILES string of the molecule is COc1ccc(-c2nc(OC)nn2-c2cccc(NC(=O)Nc3cccc(Cl)c3)c2)cc1. The summed E-state index contributed by atoms with van der Waals surface area (Å²) < 4.78 is 12.1. The molecule has 0 radical (unpaired) electrons. The van der Waals surface area contributed by atoms with Crippen molar-refractivity contribution in [1.29, 1.82) is 0 Å².